The molecule has 4 aromatic rings. The lowest BCUT2D eigenvalue weighted by Gasteiger charge is -2.15. The van der Waals surface area contributed by atoms with Crippen LogP contribution in [0, 0.1) is 0 Å². The highest BCUT2D eigenvalue weighted by atomic mass is 32.2. The quantitative estimate of drug-likeness (QED) is 0.137. The molecule has 0 aliphatic carbocycles. The highest BCUT2D eigenvalue weighted by Gasteiger charge is 2.21. The molecule has 1 amide bonds. The van der Waals surface area contributed by atoms with E-state index in [0.717, 1.165) is 5.69 Å². The van der Waals surface area contributed by atoms with E-state index in [-0.39, 0.29) is 11.7 Å². The first-order chi connectivity index (χ1) is 20.5. The zero-order chi connectivity index (χ0) is 30.1. The van der Waals surface area contributed by atoms with Crippen LogP contribution in [0.25, 0.3) is 17.1 Å². The van der Waals surface area contributed by atoms with Crippen molar-refractivity contribution in [2.45, 2.75) is 5.16 Å². The largest absolute Gasteiger partial charge is 0.496 e. The van der Waals surface area contributed by atoms with Crippen LogP contribution in [0.1, 0.15) is 5.56 Å². The van der Waals surface area contributed by atoms with Crippen molar-refractivity contribution >= 4 is 23.9 Å². The van der Waals surface area contributed by atoms with Crippen LogP contribution in [0.4, 0.5) is 0 Å². The third-order valence-electron chi connectivity index (χ3n) is 6.04. The van der Waals surface area contributed by atoms with Crippen molar-refractivity contribution in [1.82, 2.24) is 20.2 Å². The molecule has 0 radical (unpaired) electrons. The third kappa shape index (κ3) is 6.52. The Morgan fingerprint density at radius 3 is 2.00 bits per heavy atom. The average Bonchev–Trinajstić information content (AvgIpc) is 3.47. The molecule has 13 heteroatoms. The normalized spacial score (nSPS) is 10.8. The maximum atomic E-state index is 12.7. The van der Waals surface area contributed by atoms with Crippen molar-refractivity contribution in [2.24, 2.45) is 5.10 Å². The highest BCUT2D eigenvalue weighted by Crippen LogP contribution is 2.41. The van der Waals surface area contributed by atoms with Gasteiger partial charge < -0.3 is 28.4 Å². The molecule has 3 aromatic carbocycles. The summed E-state index contributed by atoms with van der Waals surface area (Å²) in [6.07, 6.45) is 1.45. The second-order valence-corrected chi connectivity index (χ2v) is 9.36. The Bertz CT molecular complexity index is 1510. The number of carbonyl (C=O) groups excluding carboxylic acids is 1. The van der Waals surface area contributed by atoms with Gasteiger partial charge in [-0.3, -0.25) is 9.36 Å². The van der Waals surface area contributed by atoms with Crippen molar-refractivity contribution in [3.05, 3.63) is 60.2 Å². The maximum Gasteiger partial charge on any atom is 0.250 e. The number of methoxy groups -OCH3 is 6. The Morgan fingerprint density at radius 1 is 0.833 bits per heavy atom. The number of nitrogens with one attached hydrogen (secondary N) is 1. The first-order valence-corrected chi connectivity index (χ1v) is 13.5. The van der Waals surface area contributed by atoms with E-state index in [1.807, 2.05) is 34.9 Å². The van der Waals surface area contributed by atoms with Gasteiger partial charge in [-0.1, -0.05) is 30.0 Å². The van der Waals surface area contributed by atoms with Gasteiger partial charge in [-0.25, -0.2) is 5.43 Å². The van der Waals surface area contributed by atoms with Crippen LogP contribution < -0.4 is 33.8 Å². The number of hydrazone groups is 1. The van der Waals surface area contributed by atoms with Crippen molar-refractivity contribution < 1.29 is 33.2 Å². The Balaban J connectivity index is 1.58. The van der Waals surface area contributed by atoms with E-state index >= 15 is 0 Å². The third-order valence-corrected chi connectivity index (χ3v) is 6.97. The van der Waals surface area contributed by atoms with Gasteiger partial charge in [0.1, 0.15) is 17.2 Å². The molecule has 1 heterocycles. The lowest BCUT2D eigenvalue weighted by Crippen LogP contribution is -2.20. The fraction of sp³-hybridized carbons (Fsp3) is 0.241. The van der Waals surface area contributed by atoms with Crippen LogP contribution in [0.15, 0.2) is 64.9 Å². The van der Waals surface area contributed by atoms with Crippen molar-refractivity contribution in [3.8, 4) is 51.6 Å². The average molecular weight is 594 g/mol. The summed E-state index contributed by atoms with van der Waals surface area (Å²) in [5, 5.41) is 13.4. The first kappa shape index (κ1) is 30.1. The summed E-state index contributed by atoms with van der Waals surface area (Å²) in [4.78, 5) is 12.7. The summed E-state index contributed by atoms with van der Waals surface area (Å²) in [5.74, 6) is 3.15. The molecule has 0 aliphatic heterocycles. The Morgan fingerprint density at radius 2 is 1.45 bits per heavy atom. The summed E-state index contributed by atoms with van der Waals surface area (Å²) < 4.78 is 34.5. The number of rotatable bonds is 13. The second-order valence-electron chi connectivity index (χ2n) is 8.42. The predicted molar refractivity (Wildman–Crippen MR) is 159 cm³/mol. The molecule has 0 atom stereocenters. The molecule has 220 valence electrons. The van der Waals surface area contributed by atoms with E-state index in [0.29, 0.717) is 56.6 Å². The molecule has 0 saturated carbocycles. The standard InChI is InChI=1S/C29H31N5O7S/c1-36-20-14-22(37-2)21(23(15-20)38-3)16-30-31-26(35)17-42-29-33-32-28(34(29)19-10-8-7-9-11-19)18-12-24(39-4)27(41-6)25(13-18)40-5/h7-16H,17H2,1-6H3,(H,31,35). The van der Waals surface area contributed by atoms with E-state index in [4.69, 9.17) is 28.4 Å². The van der Waals surface area contributed by atoms with Crippen LogP contribution >= 0.6 is 11.8 Å². The van der Waals surface area contributed by atoms with Crippen LogP contribution in [-0.2, 0) is 4.79 Å². The van der Waals surface area contributed by atoms with E-state index < -0.39 is 0 Å². The number of hydrogen-bond donors (Lipinski definition) is 1. The molecule has 42 heavy (non-hydrogen) atoms. The summed E-state index contributed by atoms with van der Waals surface area (Å²) >= 11 is 1.21. The molecule has 1 aromatic heterocycles. The van der Waals surface area contributed by atoms with Crippen LogP contribution in [-0.4, -0.2) is 75.3 Å². The van der Waals surface area contributed by atoms with Crippen LogP contribution in [0.5, 0.6) is 34.5 Å². The van der Waals surface area contributed by atoms with Gasteiger partial charge in [0.05, 0.1) is 60.2 Å². The summed E-state index contributed by atoms with van der Waals surface area (Å²) in [6, 6.07) is 16.6. The van der Waals surface area contributed by atoms with Crippen LogP contribution in [0.3, 0.4) is 0 Å². The molecule has 0 fully saturated rings. The minimum absolute atomic E-state index is 0.0223. The topological polar surface area (TPSA) is 128 Å². The van der Waals surface area contributed by atoms with E-state index in [2.05, 4.69) is 20.7 Å². The SMILES string of the molecule is COc1cc(OC)c(C=NNC(=O)CSc2nnc(-c3cc(OC)c(OC)c(OC)c3)n2-c2ccccc2)c(OC)c1. The highest BCUT2D eigenvalue weighted by molar-refractivity contribution is 7.99. The van der Waals surface area contributed by atoms with Gasteiger partial charge in [0, 0.05) is 23.4 Å². The fourth-order valence-electron chi connectivity index (χ4n) is 4.06. The van der Waals surface area contributed by atoms with Gasteiger partial charge >= 0.3 is 0 Å². The molecule has 0 aliphatic rings. The van der Waals surface area contributed by atoms with Gasteiger partial charge in [-0.2, -0.15) is 5.10 Å². The lowest BCUT2D eigenvalue weighted by atomic mass is 10.1. The first-order valence-electron chi connectivity index (χ1n) is 12.5. The molecule has 0 spiro atoms. The number of amides is 1. The van der Waals surface area contributed by atoms with Gasteiger partial charge in [0.2, 0.25) is 5.75 Å². The minimum Gasteiger partial charge on any atom is -0.496 e. The summed E-state index contributed by atoms with van der Waals surface area (Å²) in [6.45, 7) is 0. The zero-order valence-corrected chi connectivity index (χ0v) is 24.9. The van der Waals surface area contributed by atoms with Gasteiger partial charge in [0.15, 0.2) is 22.5 Å². The Labute approximate surface area is 247 Å². The van der Waals surface area contributed by atoms with Crippen molar-refractivity contribution in [1.29, 1.82) is 0 Å². The Hall–Kier alpha value is -4.91. The van der Waals surface area contributed by atoms with Crippen molar-refractivity contribution in [3.63, 3.8) is 0 Å². The second kappa shape index (κ2) is 14.1. The van der Waals surface area contributed by atoms with Gasteiger partial charge in [-0.05, 0) is 24.3 Å². The van der Waals surface area contributed by atoms with Crippen molar-refractivity contribution in [2.75, 3.05) is 48.4 Å². The van der Waals surface area contributed by atoms with Gasteiger partial charge in [-0.15, -0.1) is 10.2 Å². The molecule has 4 rings (SSSR count). The number of nitrogens with zero attached hydrogens (tertiary/aromatic N) is 4. The number of thioether (sulfide) groups is 1. The van der Waals surface area contributed by atoms with Gasteiger partial charge in [0.25, 0.3) is 5.91 Å². The summed E-state index contributed by atoms with van der Waals surface area (Å²) in [5.41, 5.74) is 4.58. The Kier molecular flexibility index (Phi) is 10.1. The van der Waals surface area contributed by atoms with E-state index in [1.54, 1.807) is 52.7 Å². The van der Waals surface area contributed by atoms with Crippen LogP contribution in [0.2, 0.25) is 0 Å². The summed E-state index contributed by atoms with van der Waals surface area (Å²) in [7, 11) is 9.23. The molecule has 0 saturated heterocycles. The molecular formula is C29H31N5O7S. The predicted octanol–water partition coefficient (Wildman–Crippen LogP) is 4.23. The minimum atomic E-state index is -0.348. The smallest absolute Gasteiger partial charge is 0.250 e. The number of ether oxygens (including phenoxy) is 6. The molecular weight excluding hydrogens is 562 g/mol. The monoisotopic (exact) mass is 593 g/mol. The number of hydrogen-bond acceptors (Lipinski definition) is 11. The molecule has 12 nitrogen and oxygen atoms in total. The van der Waals surface area contributed by atoms with E-state index in [9.17, 15) is 4.79 Å². The number of para-hydroxylation sites is 1. The molecule has 1 N–H and O–H groups in total. The maximum absolute atomic E-state index is 12.7. The molecule has 0 bridgehead atoms. The number of aromatic nitrogens is 3. The number of benzene rings is 3. The molecule has 0 unspecified atom stereocenters. The van der Waals surface area contributed by atoms with E-state index in [1.165, 1.54) is 32.2 Å². The lowest BCUT2D eigenvalue weighted by molar-refractivity contribution is -0.118. The fourth-order valence-corrected chi connectivity index (χ4v) is 4.81. The zero-order valence-electron chi connectivity index (χ0n) is 24.0. The number of carbonyl (C=O) groups is 1.